The molecule has 0 bridgehead atoms. The summed E-state index contributed by atoms with van der Waals surface area (Å²) in [5.41, 5.74) is 0.434. The smallest absolute Gasteiger partial charge is 0.333 e. The van der Waals surface area contributed by atoms with Crippen molar-refractivity contribution in [2.24, 2.45) is 39.2 Å². The molecule has 4 unspecified atom stereocenters. The van der Waals surface area contributed by atoms with Crippen LogP contribution in [0.4, 0.5) is 0 Å². The SMILES string of the molecule is CC(C)(CNC(=O)CO/N=C1\C=C[C@@]2(C)C(=C1)CCC1C2CC[C@@]2(C)C1CC[C@]2(C)O)C(O)C(=O)O. The first kappa shape index (κ1) is 26.9. The Morgan fingerprint density at radius 3 is 2.58 bits per heavy atom. The van der Waals surface area contributed by atoms with Gasteiger partial charge in [0, 0.05) is 17.4 Å². The quantitative estimate of drug-likeness (QED) is 0.395. The Morgan fingerprint density at radius 1 is 1.19 bits per heavy atom. The lowest BCUT2D eigenvalue weighted by atomic mass is 9.47. The number of carbonyl (C=O) groups excluding carboxylic acids is 1. The van der Waals surface area contributed by atoms with Crippen molar-refractivity contribution in [1.82, 2.24) is 5.32 Å². The molecule has 3 saturated carbocycles. The Kier molecular flexibility index (Phi) is 6.92. The normalized spacial score (nSPS) is 39.5. The van der Waals surface area contributed by atoms with E-state index >= 15 is 0 Å². The van der Waals surface area contributed by atoms with Crippen molar-refractivity contribution in [3.8, 4) is 0 Å². The lowest BCUT2D eigenvalue weighted by Gasteiger charge is -2.58. The number of carboxylic acids is 1. The van der Waals surface area contributed by atoms with Gasteiger partial charge in [0.15, 0.2) is 12.7 Å². The van der Waals surface area contributed by atoms with Crippen LogP contribution in [0, 0.1) is 34.0 Å². The van der Waals surface area contributed by atoms with E-state index in [-0.39, 0.29) is 24.0 Å². The van der Waals surface area contributed by atoms with Gasteiger partial charge in [-0.05, 0) is 80.8 Å². The summed E-state index contributed by atoms with van der Waals surface area (Å²) in [5, 5.41) is 36.6. The molecule has 4 N–H and O–H groups in total. The Hall–Kier alpha value is -2.19. The number of amides is 1. The van der Waals surface area contributed by atoms with Crippen LogP contribution in [-0.4, -0.2) is 57.8 Å². The summed E-state index contributed by atoms with van der Waals surface area (Å²) in [4.78, 5) is 28.4. The number of carbonyl (C=O) groups is 2. The van der Waals surface area contributed by atoms with Crippen LogP contribution in [0.3, 0.4) is 0 Å². The van der Waals surface area contributed by atoms with Crippen molar-refractivity contribution in [2.75, 3.05) is 13.2 Å². The number of aliphatic hydroxyl groups is 2. The third kappa shape index (κ3) is 4.51. The summed E-state index contributed by atoms with van der Waals surface area (Å²) < 4.78 is 0. The van der Waals surface area contributed by atoms with E-state index in [0.717, 1.165) is 38.5 Å². The van der Waals surface area contributed by atoms with Crippen LogP contribution in [0.1, 0.15) is 73.1 Å². The van der Waals surface area contributed by atoms with Crippen molar-refractivity contribution in [3.05, 3.63) is 23.8 Å². The van der Waals surface area contributed by atoms with Gasteiger partial charge >= 0.3 is 5.97 Å². The van der Waals surface area contributed by atoms with Crippen molar-refractivity contribution in [2.45, 2.75) is 84.8 Å². The number of rotatable bonds is 7. The van der Waals surface area contributed by atoms with Gasteiger partial charge in [-0.2, -0.15) is 0 Å². The standard InChI is InChI=1S/C28H42N2O6/c1-25(2,23(32)24(33)34)16-29-22(31)15-36-30-18-8-11-26(3)17(14-18)6-7-19-20(26)9-12-27(4)21(19)10-13-28(27,5)35/h8,11,14,19-21,23,32,35H,6-7,9-10,12-13,15-16H2,1-5H3,(H,29,31)(H,33,34)/b30-18+/t19?,20?,21?,23?,26-,27-,28-/m0/s1. The highest BCUT2D eigenvalue weighted by Crippen LogP contribution is 2.66. The van der Waals surface area contributed by atoms with Gasteiger partial charge in [0.05, 0.1) is 5.60 Å². The molecule has 0 aromatic heterocycles. The molecule has 36 heavy (non-hydrogen) atoms. The van der Waals surface area contributed by atoms with E-state index in [2.05, 4.69) is 36.5 Å². The van der Waals surface area contributed by atoms with Crippen molar-refractivity contribution in [3.63, 3.8) is 0 Å². The fourth-order valence-corrected chi connectivity index (χ4v) is 7.48. The first-order valence-electron chi connectivity index (χ1n) is 13.2. The Bertz CT molecular complexity index is 998. The fourth-order valence-electron chi connectivity index (χ4n) is 7.48. The second-order valence-electron chi connectivity index (χ2n) is 12.8. The molecule has 4 aliphatic rings. The van der Waals surface area contributed by atoms with Crippen molar-refractivity contribution >= 4 is 17.6 Å². The van der Waals surface area contributed by atoms with E-state index in [1.807, 2.05) is 13.0 Å². The van der Waals surface area contributed by atoms with E-state index in [0.29, 0.717) is 23.5 Å². The van der Waals surface area contributed by atoms with E-state index in [9.17, 15) is 19.8 Å². The number of hydrogen-bond donors (Lipinski definition) is 4. The third-order valence-electron chi connectivity index (χ3n) is 10.2. The van der Waals surface area contributed by atoms with Crippen LogP contribution in [0.5, 0.6) is 0 Å². The van der Waals surface area contributed by atoms with Gasteiger partial charge in [0.1, 0.15) is 5.71 Å². The van der Waals surface area contributed by atoms with E-state index in [1.165, 1.54) is 5.57 Å². The first-order chi connectivity index (χ1) is 16.7. The van der Waals surface area contributed by atoms with Crippen molar-refractivity contribution in [1.29, 1.82) is 0 Å². The molecule has 7 atom stereocenters. The predicted octanol–water partition coefficient (Wildman–Crippen LogP) is 3.44. The van der Waals surface area contributed by atoms with Gasteiger partial charge in [-0.25, -0.2) is 4.79 Å². The predicted molar refractivity (Wildman–Crippen MR) is 136 cm³/mol. The number of allylic oxidation sites excluding steroid dienone is 4. The van der Waals surface area contributed by atoms with Crippen LogP contribution >= 0.6 is 0 Å². The van der Waals surface area contributed by atoms with Gasteiger partial charge in [-0.15, -0.1) is 0 Å². The average Bonchev–Trinajstić information content (AvgIpc) is 3.06. The fraction of sp³-hybridized carbons (Fsp3) is 0.750. The number of aliphatic carboxylic acids is 1. The number of fused-ring (bicyclic) bond motifs is 5. The minimum atomic E-state index is -1.58. The third-order valence-corrected chi connectivity index (χ3v) is 10.2. The zero-order valence-corrected chi connectivity index (χ0v) is 22.2. The maximum absolute atomic E-state index is 12.1. The second-order valence-corrected chi connectivity index (χ2v) is 12.8. The van der Waals surface area contributed by atoms with Gasteiger partial charge in [0.25, 0.3) is 5.91 Å². The van der Waals surface area contributed by atoms with Gasteiger partial charge in [-0.3, -0.25) is 4.79 Å². The lowest BCUT2D eigenvalue weighted by Crippen LogP contribution is -2.53. The average molecular weight is 503 g/mol. The molecule has 0 heterocycles. The molecule has 0 aromatic carbocycles. The largest absolute Gasteiger partial charge is 0.479 e. The maximum atomic E-state index is 12.1. The Morgan fingerprint density at radius 2 is 1.89 bits per heavy atom. The van der Waals surface area contributed by atoms with Gasteiger partial charge in [-0.1, -0.05) is 44.5 Å². The zero-order valence-electron chi connectivity index (χ0n) is 22.2. The molecule has 8 nitrogen and oxygen atoms in total. The molecule has 0 radical (unpaired) electrons. The van der Waals surface area contributed by atoms with Crippen LogP contribution in [-0.2, 0) is 14.4 Å². The number of hydrogen-bond acceptors (Lipinski definition) is 6. The highest BCUT2D eigenvalue weighted by Gasteiger charge is 2.62. The lowest BCUT2D eigenvalue weighted by molar-refractivity contribution is -0.153. The molecular formula is C28H42N2O6. The summed E-state index contributed by atoms with van der Waals surface area (Å²) in [5.74, 6) is -0.0187. The van der Waals surface area contributed by atoms with Crippen LogP contribution < -0.4 is 5.32 Å². The molecule has 3 fully saturated rings. The second kappa shape index (κ2) is 9.28. The Labute approximate surface area is 213 Å². The van der Waals surface area contributed by atoms with Gasteiger partial charge < -0.3 is 25.5 Å². The van der Waals surface area contributed by atoms with Crippen molar-refractivity contribution < 1.29 is 29.7 Å². The first-order valence-corrected chi connectivity index (χ1v) is 13.2. The minimum absolute atomic E-state index is 0.000429. The van der Waals surface area contributed by atoms with Crippen LogP contribution in [0.2, 0.25) is 0 Å². The molecule has 0 saturated heterocycles. The number of nitrogens with one attached hydrogen (secondary N) is 1. The molecule has 8 heteroatoms. The summed E-state index contributed by atoms with van der Waals surface area (Å²) in [6.45, 7) is 9.52. The molecule has 200 valence electrons. The minimum Gasteiger partial charge on any atom is -0.479 e. The molecule has 1 amide bonds. The van der Waals surface area contributed by atoms with Crippen LogP contribution in [0.15, 0.2) is 29.0 Å². The van der Waals surface area contributed by atoms with E-state index in [4.69, 9.17) is 9.94 Å². The number of carboxylic acid groups (broad SMARTS) is 1. The molecule has 4 aliphatic carbocycles. The molecule has 0 aromatic rings. The number of nitrogens with zero attached hydrogens (tertiary/aromatic N) is 1. The maximum Gasteiger partial charge on any atom is 0.333 e. The van der Waals surface area contributed by atoms with E-state index in [1.54, 1.807) is 13.8 Å². The van der Waals surface area contributed by atoms with E-state index < -0.39 is 29.0 Å². The Balaban J connectivity index is 1.35. The summed E-state index contributed by atoms with van der Waals surface area (Å²) in [7, 11) is 0. The number of aliphatic hydroxyl groups excluding tert-OH is 1. The van der Waals surface area contributed by atoms with Gasteiger partial charge in [0.2, 0.25) is 0 Å². The monoisotopic (exact) mass is 502 g/mol. The van der Waals surface area contributed by atoms with Crippen LogP contribution in [0.25, 0.3) is 0 Å². The summed E-state index contributed by atoms with van der Waals surface area (Å²) in [6, 6.07) is 0. The highest BCUT2D eigenvalue weighted by atomic mass is 16.6. The molecule has 4 rings (SSSR count). The molecule has 0 aliphatic heterocycles. The summed E-state index contributed by atoms with van der Waals surface area (Å²) in [6.07, 6.45) is 11.1. The zero-order chi connectivity index (χ0) is 26.5. The molecule has 0 spiro atoms. The highest BCUT2D eigenvalue weighted by molar-refractivity contribution is 6.05. The summed E-state index contributed by atoms with van der Waals surface area (Å²) >= 11 is 0. The molecular weight excluding hydrogens is 460 g/mol. The topological polar surface area (TPSA) is 128 Å². The number of oxime groups is 1.